The molecule has 0 aromatic carbocycles. The maximum atomic E-state index is 13.2. The van der Waals surface area contributed by atoms with Gasteiger partial charge in [0, 0.05) is 6.42 Å². The first-order chi connectivity index (χ1) is 30.5. The van der Waals surface area contributed by atoms with Crippen LogP contribution >= 0.6 is 0 Å². The molecule has 0 saturated heterocycles. The highest BCUT2D eigenvalue weighted by Crippen LogP contribution is 2.18. The van der Waals surface area contributed by atoms with Crippen LogP contribution in [0.3, 0.4) is 0 Å². The van der Waals surface area contributed by atoms with Crippen molar-refractivity contribution in [2.75, 3.05) is 6.61 Å². The van der Waals surface area contributed by atoms with E-state index in [2.05, 4.69) is 86.8 Å². The Labute approximate surface area is 384 Å². The van der Waals surface area contributed by atoms with E-state index in [1.807, 2.05) is 0 Å². The highest BCUT2D eigenvalue weighted by atomic mass is 16.5. The number of hydrogen-bond acceptors (Lipinski definition) is 5. The van der Waals surface area contributed by atoms with Crippen molar-refractivity contribution in [2.24, 2.45) is 0 Å². The third-order valence-corrected chi connectivity index (χ3v) is 11.9. The number of carbonyl (C=O) groups excluding carboxylic acids is 2. The topological polar surface area (TPSA) is 95.9 Å². The highest BCUT2D eigenvalue weighted by molar-refractivity contribution is 5.77. The predicted octanol–water partition coefficient (Wildman–Crippen LogP) is 16.0. The van der Waals surface area contributed by atoms with Crippen LogP contribution in [0.25, 0.3) is 0 Å². The van der Waals surface area contributed by atoms with Crippen molar-refractivity contribution in [1.29, 1.82) is 0 Å². The molecule has 0 radical (unpaired) electrons. The predicted molar refractivity (Wildman–Crippen MR) is 268 cm³/mol. The molecule has 3 unspecified atom stereocenters. The van der Waals surface area contributed by atoms with Gasteiger partial charge in [0.2, 0.25) is 5.91 Å². The molecule has 0 heterocycles. The summed E-state index contributed by atoms with van der Waals surface area (Å²) in [4.78, 5) is 26.2. The van der Waals surface area contributed by atoms with Gasteiger partial charge in [-0.2, -0.15) is 0 Å². The summed E-state index contributed by atoms with van der Waals surface area (Å²) in [5.74, 6) is -0.509. The Morgan fingerprint density at radius 2 is 0.871 bits per heavy atom. The van der Waals surface area contributed by atoms with Crippen molar-refractivity contribution in [2.45, 2.75) is 277 Å². The molecule has 0 bridgehead atoms. The SMILES string of the molecule is CC/C=C/C=C/C=C/CCCCCCCC(CC(=O)NC(CO)C(O)CCCCCCCCCCCCCC)OC(=O)CCCCCCC/C=C/C=C/CCCCCCCCC. The molecular weight excluding hydrogens is 767 g/mol. The number of aliphatic hydroxyl groups excluding tert-OH is 2. The quantitative estimate of drug-likeness (QED) is 0.0322. The second-order valence-electron chi connectivity index (χ2n) is 18.0. The Morgan fingerprint density at radius 3 is 1.32 bits per heavy atom. The zero-order chi connectivity index (χ0) is 45.2. The summed E-state index contributed by atoms with van der Waals surface area (Å²) >= 11 is 0. The molecule has 0 aliphatic rings. The second kappa shape index (κ2) is 49.6. The van der Waals surface area contributed by atoms with Crippen LogP contribution in [0, 0.1) is 0 Å². The van der Waals surface area contributed by atoms with Crippen LogP contribution in [0.4, 0.5) is 0 Å². The van der Waals surface area contributed by atoms with E-state index >= 15 is 0 Å². The first kappa shape index (κ1) is 59.6. The maximum absolute atomic E-state index is 13.2. The lowest BCUT2D eigenvalue weighted by molar-refractivity contribution is -0.151. The van der Waals surface area contributed by atoms with E-state index in [4.69, 9.17) is 4.74 Å². The van der Waals surface area contributed by atoms with E-state index in [9.17, 15) is 19.8 Å². The summed E-state index contributed by atoms with van der Waals surface area (Å²) in [6, 6.07) is -0.712. The van der Waals surface area contributed by atoms with Crippen molar-refractivity contribution in [1.82, 2.24) is 5.32 Å². The van der Waals surface area contributed by atoms with Crippen LogP contribution in [0.15, 0.2) is 60.8 Å². The van der Waals surface area contributed by atoms with Gasteiger partial charge >= 0.3 is 5.97 Å². The Kier molecular flexibility index (Phi) is 47.6. The number of unbranched alkanes of at least 4 members (excludes halogenated alkanes) is 28. The molecular formula is C56H101NO5. The summed E-state index contributed by atoms with van der Waals surface area (Å²) in [5, 5.41) is 23.8. The van der Waals surface area contributed by atoms with Gasteiger partial charge in [-0.1, -0.05) is 236 Å². The monoisotopic (exact) mass is 868 g/mol. The third kappa shape index (κ3) is 44.2. The lowest BCUT2D eigenvalue weighted by atomic mass is 10.0. The van der Waals surface area contributed by atoms with Gasteiger partial charge in [0.25, 0.3) is 0 Å². The number of rotatable bonds is 47. The number of carbonyl (C=O) groups is 2. The summed E-state index contributed by atoms with van der Waals surface area (Å²) in [7, 11) is 0. The minimum atomic E-state index is -0.797. The number of aliphatic hydroxyl groups is 2. The van der Waals surface area contributed by atoms with E-state index in [1.54, 1.807) is 0 Å². The van der Waals surface area contributed by atoms with Gasteiger partial charge in [0.05, 0.1) is 25.2 Å². The normalized spacial score (nSPS) is 13.7. The van der Waals surface area contributed by atoms with Gasteiger partial charge in [0.1, 0.15) is 6.10 Å². The molecule has 1 amide bonds. The van der Waals surface area contributed by atoms with Crippen LogP contribution in [-0.4, -0.2) is 46.9 Å². The lowest BCUT2D eigenvalue weighted by Gasteiger charge is -2.24. The Hall–Kier alpha value is -2.44. The van der Waals surface area contributed by atoms with Crippen molar-refractivity contribution >= 4 is 11.9 Å². The van der Waals surface area contributed by atoms with Gasteiger partial charge in [-0.15, -0.1) is 0 Å². The zero-order valence-corrected chi connectivity index (χ0v) is 41.0. The molecule has 0 aliphatic carbocycles. The Morgan fingerprint density at radius 1 is 0.484 bits per heavy atom. The van der Waals surface area contributed by atoms with Crippen LogP contribution < -0.4 is 5.32 Å². The fraction of sp³-hybridized carbons (Fsp3) is 0.786. The van der Waals surface area contributed by atoms with E-state index < -0.39 is 18.2 Å². The Bertz CT molecular complexity index is 1110. The summed E-state index contributed by atoms with van der Waals surface area (Å²) in [6.07, 6.45) is 61.4. The fourth-order valence-corrected chi connectivity index (χ4v) is 7.89. The minimum Gasteiger partial charge on any atom is -0.462 e. The number of allylic oxidation sites excluding steroid dienone is 10. The van der Waals surface area contributed by atoms with E-state index in [1.165, 1.54) is 109 Å². The average molecular weight is 868 g/mol. The first-order valence-electron chi connectivity index (χ1n) is 26.6. The molecule has 6 heteroatoms. The second-order valence-corrected chi connectivity index (χ2v) is 18.0. The molecule has 360 valence electrons. The Balaban J connectivity index is 4.60. The molecule has 0 aromatic rings. The molecule has 62 heavy (non-hydrogen) atoms. The third-order valence-electron chi connectivity index (χ3n) is 11.9. The van der Waals surface area contributed by atoms with Gasteiger partial charge < -0.3 is 20.3 Å². The number of esters is 1. The van der Waals surface area contributed by atoms with Crippen LogP contribution in [0.5, 0.6) is 0 Å². The van der Waals surface area contributed by atoms with Crippen molar-refractivity contribution in [3.63, 3.8) is 0 Å². The zero-order valence-electron chi connectivity index (χ0n) is 41.0. The molecule has 0 saturated carbocycles. The molecule has 0 rings (SSSR count). The average Bonchev–Trinajstić information content (AvgIpc) is 3.26. The first-order valence-corrected chi connectivity index (χ1v) is 26.6. The van der Waals surface area contributed by atoms with E-state index in [0.29, 0.717) is 19.3 Å². The molecule has 0 spiro atoms. The molecule has 0 aromatic heterocycles. The molecule has 0 fully saturated rings. The molecule has 6 nitrogen and oxygen atoms in total. The molecule has 0 aliphatic heterocycles. The molecule has 3 N–H and O–H groups in total. The van der Waals surface area contributed by atoms with Gasteiger partial charge in [-0.25, -0.2) is 0 Å². The summed E-state index contributed by atoms with van der Waals surface area (Å²) in [5.41, 5.74) is 0. The maximum Gasteiger partial charge on any atom is 0.306 e. The largest absolute Gasteiger partial charge is 0.462 e. The number of ether oxygens (including phenoxy) is 1. The van der Waals surface area contributed by atoms with Gasteiger partial charge in [-0.05, 0) is 70.6 Å². The smallest absolute Gasteiger partial charge is 0.306 e. The lowest BCUT2D eigenvalue weighted by Crippen LogP contribution is -2.46. The number of amides is 1. The van der Waals surface area contributed by atoms with E-state index in [0.717, 1.165) is 103 Å². The van der Waals surface area contributed by atoms with Crippen molar-refractivity contribution < 1.29 is 24.5 Å². The summed E-state index contributed by atoms with van der Waals surface area (Å²) < 4.78 is 5.93. The number of nitrogens with one attached hydrogen (secondary N) is 1. The summed E-state index contributed by atoms with van der Waals surface area (Å²) in [6.45, 7) is 6.34. The molecule has 3 atom stereocenters. The minimum absolute atomic E-state index is 0.0567. The van der Waals surface area contributed by atoms with Crippen LogP contribution in [0.1, 0.15) is 258 Å². The van der Waals surface area contributed by atoms with Gasteiger partial charge in [-0.3, -0.25) is 9.59 Å². The number of hydrogen-bond donors (Lipinski definition) is 3. The standard InChI is InChI=1S/C56H101NO5/c1-4-7-10-13-16-19-22-25-26-27-28-29-31-34-37-40-43-46-49-56(61)62-52(47-44-41-38-35-32-30-23-20-17-14-11-8-5-2)50-55(60)57-53(51-58)54(59)48-45-42-39-36-33-24-21-18-15-12-9-6-3/h8,11,14,17,20,23,26-29,52-54,58-59H,4-7,9-10,12-13,15-16,18-19,21-22,24-25,30-51H2,1-3H3,(H,57,60)/b11-8+,17-14+,23-20+,27-26+,29-28+. The van der Waals surface area contributed by atoms with Crippen LogP contribution in [-0.2, 0) is 14.3 Å². The van der Waals surface area contributed by atoms with Crippen molar-refractivity contribution in [3.8, 4) is 0 Å². The van der Waals surface area contributed by atoms with Crippen LogP contribution in [0.2, 0.25) is 0 Å². The van der Waals surface area contributed by atoms with Crippen molar-refractivity contribution in [3.05, 3.63) is 60.8 Å². The van der Waals surface area contributed by atoms with Gasteiger partial charge in [0.15, 0.2) is 0 Å². The fourth-order valence-electron chi connectivity index (χ4n) is 7.89. The van der Waals surface area contributed by atoms with E-state index in [-0.39, 0.29) is 24.9 Å². The highest BCUT2D eigenvalue weighted by Gasteiger charge is 2.24.